The van der Waals surface area contributed by atoms with E-state index in [0.717, 1.165) is 4.68 Å². The van der Waals surface area contributed by atoms with Crippen LogP contribution in [0, 0.1) is 17.0 Å². The molecule has 16 heavy (non-hydrogen) atoms. The molecule has 0 fully saturated rings. The van der Waals surface area contributed by atoms with Gasteiger partial charge in [0.25, 0.3) is 5.69 Å². The molecule has 1 aromatic carbocycles. The normalized spacial score (nSPS) is 10.3. The minimum absolute atomic E-state index is 0.0626. The number of rotatable bonds is 2. The minimum Gasteiger partial charge on any atom is -0.258 e. The lowest BCUT2D eigenvalue weighted by Crippen LogP contribution is -2.17. The van der Waals surface area contributed by atoms with Crippen molar-refractivity contribution in [3.63, 3.8) is 0 Å². The van der Waals surface area contributed by atoms with Gasteiger partial charge in [0.1, 0.15) is 0 Å². The van der Waals surface area contributed by atoms with Gasteiger partial charge in [0.15, 0.2) is 0 Å². The van der Waals surface area contributed by atoms with Gasteiger partial charge in [-0.3, -0.25) is 10.1 Å². The van der Waals surface area contributed by atoms with Crippen LogP contribution in [0.5, 0.6) is 0 Å². The molecule has 0 aliphatic carbocycles. The average Bonchev–Trinajstić information content (AvgIpc) is 2.64. The number of H-pyrrole nitrogens is 1. The Morgan fingerprint density at radius 2 is 2.25 bits per heavy atom. The van der Waals surface area contributed by atoms with E-state index < -0.39 is 10.6 Å². The number of aromatic nitrogens is 4. The molecule has 0 aliphatic heterocycles. The summed E-state index contributed by atoms with van der Waals surface area (Å²) in [6.07, 6.45) is 0. The predicted molar refractivity (Wildman–Crippen MR) is 53.4 cm³/mol. The molecule has 2 rings (SSSR count). The Morgan fingerprint density at radius 1 is 1.50 bits per heavy atom. The number of nitro groups is 1. The molecule has 2 aromatic rings. The topological polar surface area (TPSA) is 107 Å². The van der Waals surface area contributed by atoms with Gasteiger partial charge in [-0.25, -0.2) is 9.89 Å². The molecule has 0 atom stereocenters. The molecule has 0 amide bonds. The van der Waals surface area contributed by atoms with Crippen LogP contribution in [0.4, 0.5) is 5.69 Å². The van der Waals surface area contributed by atoms with Crippen LogP contribution in [0.1, 0.15) is 5.56 Å². The van der Waals surface area contributed by atoms with Gasteiger partial charge in [0.05, 0.1) is 16.2 Å². The van der Waals surface area contributed by atoms with Crippen molar-refractivity contribution < 1.29 is 4.92 Å². The summed E-state index contributed by atoms with van der Waals surface area (Å²) < 4.78 is 0.975. The van der Waals surface area contributed by atoms with Crippen molar-refractivity contribution in [3.8, 4) is 5.69 Å². The summed E-state index contributed by atoms with van der Waals surface area (Å²) in [6.45, 7) is 1.55. The summed E-state index contributed by atoms with van der Waals surface area (Å²) >= 11 is 0. The minimum atomic E-state index is -0.538. The first-order valence-corrected chi connectivity index (χ1v) is 4.36. The lowest BCUT2D eigenvalue weighted by atomic mass is 10.1. The molecule has 0 bridgehead atoms. The summed E-state index contributed by atoms with van der Waals surface area (Å²) in [5.74, 6) is 0. The third-order valence-corrected chi connectivity index (χ3v) is 2.17. The second kappa shape index (κ2) is 3.57. The fourth-order valence-electron chi connectivity index (χ4n) is 1.39. The van der Waals surface area contributed by atoms with E-state index in [1.54, 1.807) is 13.0 Å². The molecule has 82 valence electrons. The molecule has 1 N–H and O–H groups in total. The van der Waals surface area contributed by atoms with Crippen LogP contribution in [0.2, 0.25) is 0 Å². The maximum Gasteiger partial charge on any atom is 0.365 e. The molecule has 0 radical (unpaired) electrons. The second-order valence-corrected chi connectivity index (χ2v) is 3.10. The Hall–Kier alpha value is -2.51. The first-order valence-electron chi connectivity index (χ1n) is 4.36. The van der Waals surface area contributed by atoms with Gasteiger partial charge in [0, 0.05) is 6.07 Å². The Kier molecular flexibility index (Phi) is 2.24. The summed E-state index contributed by atoms with van der Waals surface area (Å²) in [5.41, 5.74) is 0.104. The number of nitrogens with zero attached hydrogens (tertiary/aromatic N) is 4. The van der Waals surface area contributed by atoms with Crippen molar-refractivity contribution in [2.24, 2.45) is 0 Å². The molecule has 0 saturated heterocycles. The zero-order chi connectivity index (χ0) is 11.7. The highest BCUT2D eigenvalue weighted by Crippen LogP contribution is 2.22. The summed E-state index contributed by atoms with van der Waals surface area (Å²) in [5, 5.41) is 19.7. The van der Waals surface area contributed by atoms with E-state index in [1.807, 2.05) is 0 Å². The van der Waals surface area contributed by atoms with Crippen molar-refractivity contribution >= 4 is 5.69 Å². The third-order valence-electron chi connectivity index (χ3n) is 2.17. The maximum atomic E-state index is 11.3. The standard InChI is InChI=1S/C8H7N5O3/c1-5-6(12-8(14)9-10-11-12)3-2-4-7(5)13(15)16/h2-4H,1H3,(H,9,11,14). The van der Waals surface area contributed by atoms with Crippen LogP contribution in [0.15, 0.2) is 23.0 Å². The molecule has 0 unspecified atom stereocenters. The molecule has 0 saturated carbocycles. The molecule has 8 nitrogen and oxygen atoms in total. The van der Waals surface area contributed by atoms with E-state index >= 15 is 0 Å². The van der Waals surface area contributed by atoms with E-state index in [0.29, 0.717) is 11.3 Å². The Bertz CT molecular complexity index is 600. The Morgan fingerprint density at radius 3 is 2.81 bits per heavy atom. The number of tetrazole rings is 1. The number of hydrogen-bond donors (Lipinski definition) is 1. The van der Waals surface area contributed by atoms with Crippen molar-refractivity contribution in [1.82, 2.24) is 20.2 Å². The lowest BCUT2D eigenvalue weighted by Gasteiger charge is -2.03. The van der Waals surface area contributed by atoms with Crippen molar-refractivity contribution in [2.45, 2.75) is 6.92 Å². The van der Waals surface area contributed by atoms with E-state index in [4.69, 9.17) is 0 Å². The number of hydrogen-bond acceptors (Lipinski definition) is 5. The van der Waals surface area contributed by atoms with Crippen molar-refractivity contribution in [2.75, 3.05) is 0 Å². The van der Waals surface area contributed by atoms with Gasteiger partial charge in [-0.2, -0.15) is 4.68 Å². The summed E-state index contributed by atoms with van der Waals surface area (Å²) in [7, 11) is 0. The zero-order valence-electron chi connectivity index (χ0n) is 8.25. The van der Waals surface area contributed by atoms with Gasteiger partial charge >= 0.3 is 5.69 Å². The smallest absolute Gasteiger partial charge is 0.258 e. The van der Waals surface area contributed by atoms with Gasteiger partial charge < -0.3 is 0 Å². The van der Waals surface area contributed by atoms with Crippen LogP contribution in [0.3, 0.4) is 0 Å². The molecule has 1 heterocycles. The monoisotopic (exact) mass is 221 g/mol. The van der Waals surface area contributed by atoms with Crippen LogP contribution in [-0.2, 0) is 0 Å². The summed E-state index contributed by atoms with van der Waals surface area (Å²) in [4.78, 5) is 21.5. The highest BCUT2D eigenvalue weighted by Gasteiger charge is 2.16. The quantitative estimate of drug-likeness (QED) is 0.574. The second-order valence-electron chi connectivity index (χ2n) is 3.10. The first kappa shape index (κ1) is 10.0. The molecular formula is C8H7N5O3. The molecule has 0 spiro atoms. The van der Waals surface area contributed by atoms with Crippen LogP contribution in [-0.4, -0.2) is 25.1 Å². The van der Waals surface area contributed by atoms with Gasteiger partial charge in [-0.05, 0) is 23.4 Å². The average molecular weight is 221 g/mol. The zero-order valence-corrected chi connectivity index (χ0v) is 8.25. The fourth-order valence-corrected chi connectivity index (χ4v) is 1.39. The van der Waals surface area contributed by atoms with Gasteiger partial charge in [0.2, 0.25) is 0 Å². The van der Waals surface area contributed by atoms with Crippen LogP contribution >= 0.6 is 0 Å². The van der Waals surface area contributed by atoms with E-state index in [-0.39, 0.29) is 5.69 Å². The number of aromatic amines is 1. The van der Waals surface area contributed by atoms with Crippen LogP contribution in [0.25, 0.3) is 5.69 Å². The number of nitrogens with one attached hydrogen (secondary N) is 1. The molecule has 0 aliphatic rings. The number of benzene rings is 1. The predicted octanol–water partition coefficient (Wildman–Crippen LogP) is 0.172. The Labute approximate surface area is 88.7 Å². The largest absolute Gasteiger partial charge is 0.365 e. The molecule has 1 aromatic heterocycles. The Balaban J connectivity index is 2.68. The lowest BCUT2D eigenvalue weighted by molar-refractivity contribution is -0.385. The van der Waals surface area contributed by atoms with E-state index in [1.165, 1.54) is 12.1 Å². The SMILES string of the molecule is Cc1c(-n2nn[nH]c2=O)cccc1[N+](=O)[O-]. The van der Waals surface area contributed by atoms with E-state index in [9.17, 15) is 14.9 Å². The van der Waals surface area contributed by atoms with Crippen LogP contribution < -0.4 is 5.69 Å². The van der Waals surface area contributed by atoms with Gasteiger partial charge in [-0.15, -0.1) is 0 Å². The fraction of sp³-hybridized carbons (Fsp3) is 0.125. The molecular weight excluding hydrogens is 214 g/mol. The van der Waals surface area contributed by atoms with Crippen molar-refractivity contribution in [1.29, 1.82) is 0 Å². The highest BCUT2D eigenvalue weighted by molar-refractivity contribution is 5.51. The maximum absolute atomic E-state index is 11.3. The van der Waals surface area contributed by atoms with E-state index in [2.05, 4.69) is 15.5 Å². The third kappa shape index (κ3) is 1.45. The van der Waals surface area contributed by atoms with Crippen molar-refractivity contribution in [3.05, 3.63) is 44.4 Å². The van der Waals surface area contributed by atoms with Gasteiger partial charge in [-0.1, -0.05) is 6.07 Å². The number of nitro benzene ring substituents is 1. The first-order chi connectivity index (χ1) is 7.61. The highest BCUT2D eigenvalue weighted by atomic mass is 16.6. The summed E-state index contributed by atoms with van der Waals surface area (Å²) in [6, 6.07) is 4.41. The molecule has 8 heteroatoms.